The van der Waals surface area contributed by atoms with Crippen LogP contribution >= 0.6 is 11.8 Å². The average molecular weight is 294 g/mol. The molecule has 0 amide bonds. The van der Waals surface area contributed by atoms with Crippen molar-refractivity contribution in [2.24, 2.45) is 10.9 Å². The highest BCUT2D eigenvalue weighted by Crippen LogP contribution is 2.34. The van der Waals surface area contributed by atoms with Gasteiger partial charge in [0, 0.05) is 24.9 Å². The minimum Gasteiger partial charge on any atom is -0.409 e. The summed E-state index contributed by atoms with van der Waals surface area (Å²) in [5, 5.41) is 12.1. The Kier molecular flexibility index (Phi) is 5.25. The molecule has 6 heteroatoms. The molecule has 0 unspecified atom stereocenters. The van der Waals surface area contributed by atoms with E-state index in [1.807, 2.05) is 24.6 Å². The van der Waals surface area contributed by atoms with Gasteiger partial charge in [0.1, 0.15) is 0 Å². The maximum Gasteiger partial charge on any atom is 0.155 e. The van der Waals surface area contributed by atoms with E-state index in [2.05, 4.69) is 21.1 Å². The number of thioether (sulfide) groups is 1. The van der Waals surface area contributed by atoms with Gasteiger partial charge in [-0.25, -0.2) is 0 Å². The van der Waals surface area contributed by atoms with Gasteiger partial charge in [0.25, 0.3) is 0 Å². The first kappa shape index (κ1) is 15.1. The summed E-state index contributed by atoms with van der Waals surface area (Å²) in [5.74, 6) is 0.356. The first-order chi connectivity index (χ1) is 9.70. The minimum atomic E-state index is -0.198. The van der Waals surface area contributed by atoms with Gasteiger partial charge < -0.3 is 15.8 Å². The van der Waals surface area contributed by atoms with E-state index in [1.165, 1.54) is 0 Å². The van der Waals surface area contributed by atoms with E-state index in [0.717, 1.165) is 44.6 Å². The van der Waals surface area contributed by atoms with Crippen molar-refractivity contribution in [1.29, 1.82) is 0 Å². The third-order valence-electron chi connectivity index (χ3n) is 4.04. The van der Waals surface area contributed by atoms with Gasteiger partial charge >= 0.3 is 0 Å². The largest absolute Gasteiger partial charge is 0.409 e. The Bertz CT molecular complexity index is 444. The van der Waals surface area contributed by atoms with E-state index in [-0.39, 0.29) is 4.75 Å². The van der Waals surface area contributed by atoms with Gasteiger partial charge in [0.2, 0.25) is 0 Å². The zero-order valence-corrected chi connectivity index (χ0v) is 12.6. The minimum absolute atomic E-state index is 0.198. The van der Waals surface area contributed by atoms with E-state index >= 15 is 0 Å². The van der Waals surface area contributed by atoms with Crippen LogP contribution in [0.1, 0.15) is 18.5 Å². The van der Waals surface area contributed by atoms with Crippen molar-refractivity contribution in [2.75, 3.05) is 25.9 Å². The van der Waals surface area contributed by atoms with Gasteiger partial charge in [-0.3, -0.25) is 4.98 Å². The van der Waals surface area contributed by atoms with Crippen molar-refractivity contribution in [3.63, 3.8) is 0 Å². The molecule has 1 aliphatic heterocycles. The van der Waals surface area contributed by atoms with Crippen molar-refractivity contribution in [3.05, 3.63) is 30.1 Å². The molecule has 0 atom stereocenters. The molecule has 2 heterocycles. The molecule has 2 rings (SSSR count). The average Bonchev–Trinajstić information content (AvgIpc) is 2.53. The third-order valence-corrected chi connectivity index (χ3v) is 5.44. The van der Waals surface area contributed by atoms with Crippen LogP contribution in [0.25, 0.3) is 0 Å². The lowest BCUT2D eigenvalue weighted by Gasteiger charge is -2.39. The highest BCUT2D eigenvalue weighted by atomic mass is 32.2. The van der Waals surface area contributed by atoms with Crippen LogP contribution in [0.15, 0.2) is 29.6 Å². The number of nitrogens with zero attached hydrogens (tertiary/aromatic N) is 3. The van der Waals surface area contributed by atoms with Gasteiger partial charge in [0.05, 0.1) is 4.75 Å². The normalized spacial score (nSPS) is 19.9. The molecule has 1 saturated heterocycles. The maximum absolute atomic E-state index is 8.93. The van der Waals surface area contributed by atoms with E-state index in [9.17, 15) is 0 Å². The standard InChI is InChI=1S/C14H22N4OS/c1-20-14(13(15)17-19)6-10-18(11-7-14)9-5-12-4-2-3-8-16-12/h2-4,8,19H,5-7,9-11H2,1H3,(H2,15,17). The molecule has 0 radical (unpaired) electrons. The molecule has 1 aromatic heterocycles. The van der Waals surface area contributed by atoms with E-state index < -0.39 is 0 Å². The summed E-state index contributed by atoms with van der Waals surface area (Å²) < 4.78 is -0.198. The second kappa shape index (κ2) is 6.95. The highest BCUT2D eigenvalue weighted by Gasteiger charge is 2.37. The predicted molar refractivity (Wildman–Crippen MR) is 83.3 cm³/mol. The summed E-state index contributed by atoms with van der Waals surface area (Å²) >= 11 is 1.69. The molecular formula is C14H22N4OS. The van der Waals surface area contributed by atoms with Gasteiger partial charge in [-0.05, 0) is 44.3 Å². The third kappa shape index (κ3) is 3.43. The first-order valence-electron chi connectivity index (χ1n) is 6.85. The Balaban J connectivity index is 1.85. The molecule has 0 spiro atoms. The van der Waals surface area contributed by atoms with Gasteiger partial charge in [-0.15, -0.1) is 0 Å². The molecule has 0 aliphatic carbocycles. The number of likely N-dealkylation sites (tertiary alicyclic amines) is 1. The number of aromatic nitrogens is 1. The quantitative estimate of drug-likeness (QED) is 0.373. The van der Waals surface area contributed by atoms with Crippen LogP contribution < -0.4 is 5.73 Å². The van der Waals surface area contributed by atoms with E-state index in [0.29, 0.717) is 5.84 Å². The number of oxime groups is 1. The summed E-state index contributed by atoms with van der Waals surface area (Å²) in [7, 11) is 0. The molecule has 0 aromatic carbocycles. The summed E-state index contributed by atoms with van der Waals surface area (Å²) in [6.07, 6.45) is 6.68. The summed E-state index contributed by atoms with van der Waals surface area (Å²) in [6, 6.07) is 6.02. The molecule has 110 valence electrons. The monoisotopic (exact) mass is 294 g/mol. The first-order valence-corrected chi connectivity index (χ1v) is 8.08. The SMILES string of the molecule is CSC1(C(N)=NO)CCN(CCc2ccccn2)CC1. The zero-order valence-electron chi connectivity index (χ0n) is 11.8. The smallest absolute Gasteiger partial charge is 0.155 e. The second-order valence-corrected chi connectivity index (χ2v) is 6.29. The molecule has 5 nitrogen and oxygen atoms in total. The fourth-order valence-electron chi connectivity index (χ4n) is 2.61. The van der Waals surface area contributed by atoms with Crippen molar-refractivity contribution < 1.29 is 5.21 Å². The Morgan fingerprint density at radius 2 is 2.25 bits per heavy atom. The van der Waals surface area contributed by atoms with Crippen molar-refractivity contribution in [1.82, 2.24) is 9.88 Å². The van der Waals surface area contributed by atoms with E-state index in [1.54, 1.807) is 11.8 Å². The number of rotatable bonds is 5. The van der Waals surface area contributed by atoms with Gasteiger partial charge in [-0.2, -0.15) is 11.8 Å². The lowest BCUT2D eigenvalue weighted by Crippen LogP contribution is -2.50. The Hall–Kier alpha value is -1.27. The summed E-state index contributed by atoms with van der Waals surface area (Å²) in [4.78, 5) is 6.77. The number of piperidine rings is 1. The fourth-order valence-corrected chi connectivity index (χ4v) is 3.45. The van der Waals surface area contributed by atoms with Crippen LogP contribution in [-0.2, 0) is 6.42 Å². The summed E-state index contributed by atoms with van der Waals surface area (Å²) in [5.41, 5.74) is 6.98. The molecule has 1 aromatic rings. The zero-order chi connectivity index (χ0) is 14.4. The molecule has 1 fully saturated rings. The van der Waals surface area contributed by atoms with Crippen LogP contribution in [0.2, 0.25) is 0 Å². The number of hydrogen-bond donors (Lipinski definition) is 2. The van der Waals surface area contributed by atoms with E-state index in [4.69, 9.17) is 10.9 Å². The van der Waals surface area contributed by atoms with Crippen LogP contribution in [-0.4, -0.2) is 51.6 Å². The second-order valence-electron chi connectivity index (χ2n) is 5.10. The van der Waals surface area contributed by atoms with Crippen molar-refractivity contribution in [3.8, 4) is 0 Å². The number of pyridine rings is 1. The lowest BCUT2D eigenvalue weighted by atomic mass is 9.94. The van der Waals surface area contributed by atoms with Crippen LogP contribution in [0, 0.1) is 0 Å². The highest BCUT2D eigenvalue weighted by molar-refractivity contribution is 8.00. The predicted octanol–water partition coefficient (Wildman–Crippen LogP) is 1.57. The van der Waals surface area contributed by atoms with Crippen LogP contribution in [0.5, 0.6) is 0 Å². The van der Waals surface area contributed by atoms with Crippen LogP contribution in [0.4, 0.5) is 0 Å². The van der Waals surface area contributed by atoms with Crippen molar-refractivity contribution >= 4 is 17.6 Å². The number of amidine groups is 1. The molecular weight excluding hydrogens is 272 g/mol. The Morgan fingerprint density at radius 1 is 1.50 bits per heavy atom. The van der Waals surface area contributed by atoms with Gasteiger partial charge in [0.15, 0.2) is 5.84 Å². The Labute approximate surface area is 124 Å². The molecule has 0 bridgehead atoms. The van der Waals surface area contributed by atoms with Crippen LogP contribution in [0.3, 0.4) is 0 Å². The maximum atomic E-state index is 8.93. The molecule has 20 heavy (non-hydrogen) atoms. The lowest BCUT2D eigenvalue weighted by molar-refractivity contribution is 0.218. The number of hydrogen-bond acceptors (Lipinski definition) is 5. The Morgan fingerprint density at radius 3 is 2.80 bits per heavy atom. The topological polar surface area (TPSA) is 74.7 Å². The number of nitrogens with two attached hydrogens (primary N) is 1. The van der Waals surface area contributed by atoms with Gasteiger partial charge in [-0.1, -0.05) is 11.2 Å². The molecule has 3 N–H and O–H groups in total. The van der Waals surface area contributed by atoms with Crippen molar-refractivity contribution in [2.45, 2.75) is 24.0 Å². The summed E-state index contributed by atoms with van der Waals surface area (Å²) in [6.45, 7) is 2.96. The molecule has 1 aliphatic rings. The molecule has 0 saturated carbocycles. The fraction of sp³-hybridized carbons (Fsp3) is 0.571.